The lowest BCUT2D eigenvalue weighted by Crippen LogP contribution is -2.15. The maximum atomic E-state index is 12.1. The van der Waals surface area contributed by atoms with E-state index in [4.69, 9.17) is 0 Å². The van der Waals surface area contributed by atoms with Gasteiger partial charge in [-0.15, -0.1) is 0 Å². The Hall–Kier alpha value is -2.56. The van der Waals surface area contributed by atoms with Gasteiger partial charge >= 0.3 is 0 Å². The molecule has 20 heavy (non-hydrogen) atoms. The number of amides is 1. The largest absolute Gasteiger partial charge is 0.324 e. The average Bonchev–Trinajstić information content (AvgIpc) is 2.63. The van der Waals surface area contributed by atoms with Crippen LogP contribution in [0.1, 0.15) is 23.1 Å². The molecule has 1 amide bonds. The summed E-state index contributed by atoms with van der Waals surface area (Å²) < 4.78 is 0. The minimum atomic E-state index is -0.0620. The monoisotopic (exact) mass is 266 g/mol. The minimum absolute atomic E-state index is 0.0620. The highest BCUT2D eigenvalue weighted by Gasteiger charge is 2.19. The second kappa shape index (κ2) is 4.85. The molecule has 0 atom stereocenters. The second-order valence-corrected chi connectivity index (χ2v) is 4.82. The average molecular weight is 266 g/mol. The van der Waals surface area contributed by atoms with Gasteiger partial charge in [0, 0.05) is 5.56 Å². The SMILES string of the molecule is Cc1ccc2c(c1C)NC(=O)CC(c1ccnnc1)=N2. The van der Waals surface area contributed by atoms with Crippen LogP contribution in [0.2, 0.25) is 0 Å². The van der Waals surface area contributed by atoms with Crippen molar-refractivity contribution in [3.8, 4) is 0 Å². The molecule has 1 aliphatic rings. The zero-order chi connectivity index (χ0) is 14.1. The number of hydrogen-bond acceptors (Lipinski definition) is 4. The molecule has 5 heteroatoms. The van der Waals surface area contributed by atoms with Crippen LogP contribution < -0.4 is 5.32 Å². The highest BCUT2D eigenvalue weighted by Crippen LogP contribution is 2.33. The van der Waals surface area contributed by atoms with Crippen molar-refractivity contribution in [3.05, 3.63) is 47.3 Å². The molecule has 2 heterocycles. The number of nitrogens with zero attached hydrogens (tertiary/aromatic N) is 3. The lowest BCUT2D eigenvalue weighted by atomic mass is 10.1. The summed E-state index contributed by atoms with van der Waals surface area (Å²) in [7, 11) is 0. The van der Waals surface area contributed by atoms with Gasteiger partial charge in [-0.25, -0.2) is 0 Å². The summed E-state index contributed by atoms with van der Waals surface area (Å²) in [6.07, 6.45) is 3.46. The molecular formula is C15H14N4O. The fraction of sp³-hybridized carbons (Fsp3) is 0.200. The van der Waals surface area contributed by atoms with Gasteiger partial charge in [0.2, 0.25) is 5.91 Å². The molecular weight excluding hydrogens is 252 g/mol. The molecule has 1 aliphatic heterocycles. The first-order valence-corrected chi connectivity index (χ1v) is 6.40. The zero-order valence-electron chi connectivity index (χ0n) is 11.3. The first-order valence-electron chi connectivity index (χ1n) is 6.40. The Morgan fingerprint density at radius 2 is 2.00 bits per heavy atom. The molecule has 100 valence electrons. The smallest absolute Gasteiger partial charge is 0.230 e. The van der Waals surface area contributed by atoms with E-state index in [2.05, 4.69) is 20.5 Å². The van der Waals surface area contributed by atoms with E-state index >= 15 is 0 Å². The van der Waals surface area contributed by atoms with Gasteiger partial charge in [-0.3, -0.25) is 9.79 Å². The number of aliphatic imine (C=N–C) groups is 1. The van der Waals surface area contributed by atoms with Crippen LogP contribution in [0.5, 0.6) is 0 Å². The third-order valence-corrected chi connectivity index (χ3v) is 3.48. The molecule has 0 spiro atoms. The Kier molecular flexibility index (Phi) is 3.02. The van der Waals surface area contributed by atoms with Crippen molar-refractivity contribution in [2.24, 2.45) is 4.99 Å². The summed E-state index contributed by atoms with van der Waals surface area (Å²) in [5, 5.41) is 10.5. The van der Waals surface area contributed by atoms with Gasteiger partial charge in [0.25, 0.3) is 0 Å². The summed E-state index contributed by atoms with van der Waals surface area (Å²) in [6.45, 7) is 4.01. The fourth-order valence-electron chi connectivity index (χ4n) is 2.20. The Morgan fingerprint density at radius 1 is 1.15 bits per heavy atom. The summed E-state index contributed by atoms with van der Waals surface area (Å²) in [6, 6.07) is 5.75. The van der Waals surface area contributed by atoms with E-state index in [-0.39, 0.29) is 12.3 Å². The van der Waals surface area contributed by atoms with Crippen molar-refractivity contribution in [1.82, 2.24) is 10.2 Å². The lowest BCUT2D eigenvalue weighted by Gasteiger charge is -2.10. The second-order valence-electron chi connectivity index (χ2n) is 4.82. The summed E-state index contributed by atoms with van der Waals surface area (Å²) in [4.78, 5) is 16.7. The molecule has 0 saturated heterocycles. The maximum absolute atomic E-state index is 12.1. The van der Waals surface area contributed by atoms with E-state index in [0.29, 0.717) is 5.71 Å². The van der Waals surface area contributed by atoms with Gasteiger partial charge in [0.1, 0.15) is 0 Å². The number of hydrogen-bond donors (Lipinski definition) is 1. The number of benzene rings is 1. The first kappa shape index (κ1) is 12.5. The van der Waals surface area contributed by atoms with Crippen molar-refractivity contribution >= 4 is 23.0 Å². The predicted molar refractivity (Wildman–Crippen MR) is 77.4 cm³/mol. The molecule has 5 nitrogen and oxygen atoms in total. The van der Waals surface area contributed by atoms with Crippen molar-refractivity contribution < 1.29 is 4.79 Å². The van der Waals surface area contributed by atoms with Crippen LogP contribution in [0.3, 0.4) is 0 Å². The normalized spacial score (nSPS) is 14.1. The quantitative estimate of drug-likeness (QED) is 0.862. The standard InChI is InChI=1S/C15H14N4O/c1-9-3-4-12-15(10(9)2)19-14(20)7-13(18-12)11-5-6-16-17-8-11/h3-6,8H,7H2,1-2H3,(H,19,20). The van der Waals surface area contributed by atoms with Gasteiger partial charge in [-0.2, -0.15) is 10.2 Å². The Labute approximate surface area is 116 Å². The van der Waals surface area contributed by atoms with E-state index in [1.165, 1.54) is 0 Å². The molecule has 0 radical (unpaired) electrons. The van der Waals surface area contributed by atoms with Crippen molar-refractivity contribution in [3.63, 3.8) is 0 Å². The third-order valence-electron chi connectivity index (χ3n) is 3.48. The lowest BCUT2D eigenvalue weighted by molar-refractivity contribution is -0.115. The number of anilines is 1. The van der Waals surface area contributed by atoms with Crippen LogP contribution in [0.25, 0.3) is 0 Å². The number of aryl methyl sites for hydroxylation is 1. The number of rotatable bonds is 1. The van der Waals surface area contributed by atoms with Gasteiger partial charge in [0.05, 0.1) is 35.9 Å². The van der Waals surface area contributed by atoms with Crippen molar-refractivity contribution in [2.75, 3.05) is 5.32 Å². The van der Waals surface area contributed by atoms with Gasteiger partial charge in [-0.05, 0) is 37.1 Å². The van der Waals surface area contributed by atoms with Gasteiger partial charge < -0.3 is 5.32 Å². The minimum Gasteiger partial charge on any atom is -0.324 e. The molecule has 1 N–H and O–H groups in total. The summed E-state index contributed by atoms with van der Waals surface area (Å²) in [5.74, 6) is -0.0620. The van der Waals surface area contributed by atoms with Crippen LogP contribution >= 0.6 is 0 Å². The zero-order valence-corrected chi connectivity index (χ0v) is 11.3. The van der Waals surface area contributed by atoms with E-state index in [9.17, 15) is 4.79 Å². The number of carbonyl (C=O) groups excluding carboxylic acids is 1. The number of fused-ring (bicyclic) bond motifs is 1. The predicted octanol–water partition coefficient (Wildman–Crippen LogP) is 2.56. The fourth-order valence-corrected chi connectivity index (χ4v) is 2.20. The van der Waals surface area contributed by atoms with E-state index in [1.54, 1.807) is 12.4 Å². The first-order chi connectivity index (χ1) is 9.65. The number of nitrogens with one attached hydrogen (secondary N) is 1. The molecule has 0 fully saturated rings. The van der Waals surface area contributed by atoms with Crippen molar-refractivity contribution in [1.29, 1.82) is 0 Å². The molecule has 0 aliphatic carbocycles. The summed E-state index contributed by atoms with van der Waals surface area (Å²) in [5.41, 5.74) is 5.29. The number of carbonyl (C=O) groups is 1. The molecule has 0 saturated carbocycles. The van der Waals surface area contributed by atoms with Gasteiger partial charge in [0.15, 0.2) is 0 Å². The molecule has 1 aromatic heterocycles. The van der Waals surface area contributed by atoms with Crippen LogP contribution in [-0.4, -0.2) is 21.8 Å². The van der Waals surface area contributed by atoms with Crippen LogP contribution in [0.15, 0.2) is 35.6 Å². The molecule has 2 aromatic rings. The van der Waals surface area contributed by atoms with Crippen LogP contribution in [0, 0.1) is 13.8 Å². The maximum Gasteiger partial charge on any atom is 0.230 e. The van der Waals surface area contributed by atoms with E-state index < -0.39 is 0 Å². The summed E-state index contributed by atoms with van der Waals surface area (Å²) >= 11 is 0. The van der Waals surface area contributed by atoms with Gasteiger partial charge in [-0.1, -0.05) is 6.07 Å². The van der Waals surface area contributed by atoms with E-state index in [0.717, 1.165) is 28.1 Å². The van der Waals surface area contributed by atoms with Crippen molar-refractivity contribution in [2.45, 2.75) is 20.3 Å². The number of aromatic nitrogens is 2. The van der Waals surface area contributed by atoms with E-state index in [1.807, 2.05) is 32.0 Å². The van der Waals surface area contributed by atoms with Crippen LogP contribution in [-0.2, 0) is 4.79 Å². The molecule has 1 aromatic carbocycles. The molecule has 0 bridgehead atoms. The highest BCUT2D eigenvalue weighted by atomic mass is 16.1. The Balaban J connectivity index is 2.16. The Morgan fingerprint density at radius 3 is 2.75 bits per heavy atom. The Bertz CT molecular complexity index is 707. The highest BCUT2D eigenvalue weighted by molar-refractivity contribution is 6.17. The third kappa shape index (κ3) is 2.18. The molecule has 3 rings (SSSR count). The molecule has 0 unspecified atom stereocenters. The van der Waals surface area contributed by atoms with Crippen LogP contribution in [0.4, 0.5) is 11.4 Å². The topological polar surface area (TPSA) is 67.2 Å².